The molecule has 3 aromatic rings. The molecule has 132 valence electrons. The zero-order chi connectivity index (χ0) is 18.4. The van der Waals surface area contributed by atoms with Gasteiger partial charge < -0.3 is 10.6 Å². The van der Waals surface area contributed by atoms with Crippen molar-refractivity contribution >= 4 is 17.5 Å². The molecule has 26 heavy (non-hydrogen) atoms. The first-order valence-corrected chi connectivity index (χ1v) is 8.53. The third-order valence-corrected chi connectivity index (χ3v) is 3.91. The van der Waals surface area contributed by atoms with Crippen molar-refractivity contribution in [2.75, 3.05) is 10.6 Å². The molecule has 0 spiro atoms. The molecule has 0 atom stereocenters. The minimum atomic E-state index is -0.249. The zero-order valence-electron chi connectivity index (χ0n) is 14.9. The Morgan fingerprint density at radius 1 is 1.12 bits per heavy atom. The van der Waals surface area contributed by atoms with Crippen LogP contribution < -0.4 is 10.6 Å². The summed E-state index contributed by atoms with van der Waals surface area (Å²) in [5.41, 5.74) is 3.96. The first-order chi connectivity index (χ1) is 12.7. The number of nitrogens with zero attached hydrogens (tertiary/aromatic N) is 3. The van der Waals surface area contributed by atoms with Gasteiger partial charge in [0.2, 0.25) is 5.95 Å². The van der Waals surface area contributed by atoms with Crippen LogP contribution in [0.25, 0.3) is 0 Å². The van der Waals surface area contributed by atoms with Crippen LogP contribution in [0.4, 0.5) is 11.6 Å². The summed E-state index contributed by atoms with van der Waals surface area (Å²) in [5.74, 6) is 0.170. The van der Waals surface area contributed by atoms with Gasteiger partial charge in [-0.25, -0.2) is 9.97 Å². The average Bonchev–Trinajstić information content (AvgIpc) is 2.67. The van der Waals surface area contributed by atoms with Crippen molar-refractivity contribution in [3.63, 3.8) is 0 Å². The smallest absolute Gasteiger partial charge is 0.274 e. The SMILES string of the molecule is CCc1ccccc1NC(=O)c1cc(C)nc(NCc2cccnc2)n1. The molecule has 1 amide bonds. The topological polar surface area (TPSA) is 79.8 Å². The Bertz CT molecular complexity index is 896. The van der Waals surface area contributed by atoms with Crippen LogP contribution >= 0.6 is 0 Å². The zero-order valence-corrected chi connectivity index (χ0v) is 14.9. The molecule has 6 heteroatoms. The van der Waals surface area contributed by atoms with Gasteiger partial charge in [-0.15, -0.1) is 0 Å². The van der Waals surface area contributed by atoms with E-state index in [4.69, 9.17) is 0 Å². The summed E-state index contributed by atoms with van der Waals surface area (Å²) < 4.78 is 0. The number of amides is 1. The summed E-state index contributed by atoms with van der Waals surface area (Å²) >= 11 is 0. The fourth-order valence-electron chi connectivity index (χ4n) is 2.58. The number of hydrogen-bond donors (Lipinski definition) is 2. The second-order valence-corrected chi connectivity index (χ2v) is 5.90. The van der Waals surface area contributed by atoms with E-state index < -0.39 is 0 Å². The maximum Gasteiger partial charge on any atom is 0.274 e. The van der Waals surface area contributed by atoms with Gasteiger partial charge in [-0.3, -0.25) is 9.78 Å². The molecule has 1 aromatic carbocycles. The first kappa shape index (κ1) is 17.5. The predicted molar refractivity (Wildman–Crippen MR) is 102 cm³/mol. The highest BCUT2D eigenvalue weighted by atomic mass is 16.1. The lowest BCUT2D eigenvalue weighted by atomic mass is 10.1. The monoisotopic (exact) mass is 347 g/mol. The fourth-order valence-corrected chi connectivity index (χ4v) is 2.58. The summed E-state index contributed by atoms with van der Waals surface area (Å²) in [6.07, 6.45) is 4.35. The Morgan fingerprint density at radius 3 is 2.73 bits per heavy atom. The van der Waals surface area contributed by atoms with Crippen molar-refractivity contribution in [3.05, 3.63) is 77.4 Å². The number of rotatable bonds is 6. The highest BCUT2D eigenvalue weighted by molar-refractivity contribution is 6.03. The number of anilines is 2. The lowest BCUT2D eigenvalue weighted by Gasteiger charge is -2.11. The van der Waals surface area contributed by atoms with E-state index in [9.17, 15) is 4.79 Å². The number of aryl methyl sites for hydroxylation is 2. The van der Waals surface area contributed by atoms with Crippen molar-refractivity contribution in [1.29, 1.82) is 0 Å². The van der Waals surface area contributed by atoms with E-state index in [-0.39, 0.29) is 5.91 Å². The van der Waals surface area contributed by atoms with Crippen molar-refractivity contribution in [1.82, 2.24) is 15.0 Å². The first-order valence-electron chi connectivity index (χ1n) is 8.53. The average molecular weight is 347 g/mol. The van der Waals surface area contributed by atoms with Gasteiger partial charge in [-0.1, -0.05) is 31.2 Å². The summed E-state index contributed by atoms with van der Waals surface area (Å²) in [7, 11) is 0. The van der Waals surface area contributed by atoms with Gasteiger partial charge in [0, 0.05) is 30.3 Å². The lowest BCUT2D eigenvalue weighted by Crippen LogP contribution is -2.17. The Balaban J connectivity index is 1.75. The fraction of sp³-hybridized carbons (Fsp3) is 0.200. The highest BCUT2D eigenvalue weighted by Gasteiger charge is 2.12. The number of pyridine rings is 1. The Labute approximate surface area is 152 Å². The van der Waals surface area contributed by atoms with Crippen LogP contribution in [0, 0.1) is 6.92 Å². The Morgan fingerprint density at radius 2 is 1.96 bits per heavy atom. The molecule has 0 saturated heterocycles. The van der Waals surface area contributed by atoms with Crippen molar-refractivity contribution < 1.29 is 4.79 Å². The molecule has 2 N–H and O–H groups in total. The molecule has 0 fully saturated rings. The maximum atomic E-state index is 12.6. The van der Waals surface area contributed by atoms with Crippen molar-refractivity contribution in [2.45, 2.75) is 26.8 Å². The van der Waals surface area contributed by atoms with Crippen LogP contribution in [-0.2, 0) is 13.0 Å². The number of carbonyl (C=O) groups excluding carboxylic acids is 1. The molecule has 0 aliphatic carbocycles. The van der Waals surface area contributed by atoms with Gasteiger partial charge in [0.15, 0.2) is 0 Å². The van der Waals surface area contributed by atoms with E-state index in [1.807, 2.05) is 43.3 Å². The predicted octanol–water partition coefficient (Wildman–Crippen LogP) is 3.61. The second kappa shape index (κ2) is 8.20. The van der Waals surface area contributed by atoms with Gasteiger partial charge >= 0.3 is 0 Å². The molecule has 0 bridgehead atoms. The Kier molecular flexibility index (Phi) is 5.53. The van der Waals surface area contributed by atoms with Gasteiger partial charge in [-0.2, -0.15) is 0 Å². The number of hydrogen-bond acceptors (Lipinski definition) is 5. The van der Waals surface area contributed by atoms with E-state index >= 15 is 0 Å². The molecule has 0 aliphatic heterocycles. The molecule has 2 aromatic heterocycles. The standard InChI is InChI=1S/C20H21N5O/c1-3-16-8-4-5-9-17(16)24-19(26)18-11-14(2)23-20(25-18)22-13-15-7-6-10-21-12-15/h4-12H,3,13H2,1-2H3,(H,24,26)(H,22,23,25). The normalized spacial score (nSPS) is 10.4. The van der Waals surface area contributed by atoms with Crippen LogP contribution in [0.2, 0.25) is 0 Å². The molecular formula is C20H21N5O. The lowest BCUT2D eigenvalue weighted by molar-refractivity contribution is 0.102. The van der Waals surface area contributed by atoms with Gasteiger partial charge in [0.25, 0.3) is 5.91 Å². The van der Waals surface area contributed by atoms with Crippen LogP contribution in [-0.4, -0.2) is 20.9 Å². The van der Waals surface area contributed by atoms with Crippen LogP contribution in [0.1, 0.15) is 34.2 Å². The van der Waals surface area contributed by atoms with Gasteiger partial charge in [-0.05, 0) is 42.7 Å². The third kappa shape index (κ3) is 4.42. The largest absolute Gasteiger partial charge is 0.350 e. The quantitative estimate of drug-likeness (QED) is 0.712. The number of benzene rings is 1. The minimum absolute atomic E-state index is 0.249. The van der Waals surface area contributed by atoms with Crippen molar-refractivity contribution in [2.24, 2.45) is 0 Å². The van der Waals surface area contributed by atoms with Gasteiger partial charge in [0.1, 0.15) is 5.69 Å². The summed E-state index contributed by atoms with van der Waals surface area (Å²) in [4.78, 5) is 25.4. The van der Waals surface area contributed by atoms with Crippen molar-refractivity contribution in [3.8, 4) is 0 Å². The molecule has 0 aliphatic rings. The second-order valence-electron chi connectivity index (χ2n) is 5.90. The summed E-state index contributed by atoms with van der Waals surface area (Å²) in [5, 5.41) is 6.08. The molecule has 0 saturated carbocycles. The molecule has 3 rings (SSSR count). The Hall–Kier alpha value is -3.28. The number of para-hydroxylation sites is 1. The van der Waals surface area contributed by atoms with E-state index in [0.717, 1.165) is 28.9 Å². The number of carbonyl (C=O) groups is 1. The van der Waals surface area contributed by atoms with Crippen LogP contribution in [0.5, 0.6) is 0 Å². The number of nitrogens with one attached hydrogen (secondary N) is 2. The summed E-state index contributed by atoms with van der Waals surface area (Å²) in [6, 6.07) is 13.3. The van der Waals surface area contributed by atoms with E-state index in [1.165, 1.54) is 0 Å². The van der Waals surface area contributed by atoms with E-state index in [2.05, 4.69) is 32.5 Å². The van der Waals surface area contributed by atoms with E-state index in [0.29, 0.717) is 18.2 Å². The molecule has 0 unspecified atom stereocenters. The molecule has 0 radical (unpaired) electrons. The maximum absolute atomic E-state index is 12.6. The van der Waals surface area contributed by atoms with E-state index in [1.54, 1.807) is 18.5 Å². The van der Waals surface area contributed by atoms with Crippen LogP contribution in [0.3, 0.4) is 0 Å². The summed E-state index contributed by atoms with van der Waals surface area (Å²) in [6.45, 7) is 4.44. The highest BCUT2D eigenvalue weighted by Crippen LogP contribution is 2.17. The molecular weight excluding hydrogens is 326 g/mol. The third-order valence-electron chi connectivity index (χ3n) is 3.91. The van der Waals surface area contributed by atoms with Crippen LogP contribution in [0.15, 0.2) is 54.9 Å². The number of aromatic nitrogens is 3. The van der Waals surface area contributed by atoms with Gasteiger partial charge in [0.05, 0.1) is 0 Å². The minimum Gasteiger partial charge on any atom is -0.350 e. The molecule has 2 heterocycles. The molecule has 6 nitrogen and oxygen atoms in total.